The Bertz CT molecular complexity index is 1030. The molecule has 1 aliphatic heterocycles. The molecule has 0 unspecified atom stereocenters. The van der Waals surface area contributed by atoms with Gasteiger partial charge in [-0.05, 0) is 80.2 Å². The number of pyridine rings is 1. The lowest BCUT2D eigenvalue weighted by Gasteiger charge is -2.45. The SMILES string of the molecule is C[C@H]1OC(=O)[C@@H]2C[C@@H]3CC(=N)CC[C@H]3[C@H](/C=C/c3ccc(-c4cccc(F)c4)cn3)[C@H]12. The number of hydrogen-bond acceptors (Lipinski definition) is 4. The zero-order valence-electron chi connectivity index (χ0n) is 17.6. The van der Waals surface area contributed by atoms with Gasteiger partial charge in [0.05, 0.1) is 11.6 Å². The number of carbonyl (C=O) groups is 1. The molecule has 1 aromatic carbocycles. The lowest BCUT2D eigenvalue weighted by atomic mass is 9.57. The van der Waals surface area contributed by atoms with E-state index in [4.69, 9.17) is 10.1 Å². The van der Waals surface area contributed by atoms with Gasteiger partial charge < -0.3 is 10.1 Å². The number of hydrogen-bond donors (Lipinski definition) is 1. The third kappa shape index (κ3) is 3.82. The first-order valence-electron chi connectivity index (χ1n) is 11.2. The number of ether oxygens (including phenoxy) is 1. The fourth-order valence-corrected chi connectivity index (χ4v) is 6.01. The number of halogens is 1. The molecule has 3 fully saturated rings. The Hall–Kier alpha value is -2.82. The van der Waals surface area contributed by atoms with Crippen LogP contribution in [0.25, 0.3) is 17.2 Å². The van der Waals surface area contributed by atoms with Crippen LogP contribution in [0.5, 0.6) is 0 Å². The highest BCUT2D eigenvalue weighted by atomic mass is 19.1. The van der Waals surface area contributed by atoms with Gasteiger partial charge in [-0.25, -0.2) is 4.39 Å². The van der Waals surface area contributed by atoms with Gasteiger partial charge in [-0.15, -0.1) is 0 Å². The fourth-order valence-electron chi connectivity index (χ4n) is 6.01. The smallest absolute Gasteiger partial charge is 0.309 e. The number of cyclic esters (lactones) is 1. The molecule has 0 radical (unpaired) electrons. The van der Waals surface area contributed by atoms with E-state index >= 15 is 0 Å². The number of benzene rings is 1. The van der Waals surface area contributed by atoms with Gasteiger partial charge in [-0.3, -0.25) is 9.78 Å². The summed E-state index contributed by atoms with van der Waals surface area (Å²) in [5, 5.41) is 8.13. The first-order valence-corrected chi connectivity index (χ1v) is 11.2. The highest BCUT2D eigenvalue weighted by Gasteiger charge is 2.54. The summed E-state index contributed by atoms with van der Waals surface area (Å²) in [5.41, 5.74) is 3.35. The second-order valence-electron chi connectivity index (χ2n) is 9.25. The van der Waals surface area contributed by atoms with Crippen LogP contribution >= 0.6 is 0 Å². The molecule has 1 saturated heterocycles. The predicted octanol–water partition coefficient (Wildman–Crippen LogP) is 5.53. The summed E-state index contributed by atoms with van der Waals surface area (Å²) >= 11 is 0. The summed E-state index contributed by atoms with van der Waals surface area (Å²) in [6, 6.07) is 10.4. The Balaban J connectivity index is 1.40. The summed E-state index contributed by atoms with van der Waals surface area (Å²) < 4.78 is 19.1. The van der Waals surface area contributed by atoms with Gasteiger partial charge in [0.1, 0.15) is 11.9 Å². The lowest BCUT2D eigenvalue weighted by molar-refractivity contribution is -0.144. The van der Waals surface area contributed by atoms with E-state index in [1.54, 1.807) is 12.3 Å². The Kier molecular flexibility index (Phi) is 5.20. The molecule has 160 valence electrons. The fraction of sp³-hybridized carbons (Fsp3) is 0.423. The topological polar surface area (TPSA) is 63.0 Å². The Morgan fingerprint density at radius 2 is 2.10 bits per heavy atom. The number of nitrogens with zero attached hydrogens (tertiary/aromatic N) is 1. The average molecular weight is 419 g/mol. The minimum absolute atomic E-state index is 0.0555. The number of aromatic nitrogens is 1. The van der Waals surface area contributed by atoms with Crippen LogP contribution in [-0.2, 0) is 9.53 Å². The Morgan fingerprint density at radius 3 is 2.87 bits per heavy atom. The van der Waals surface area contributed by atoms with Crippen molar-refractivity contribution >= 4 is 17.8 Å². The van der Waals surface area contributed by atoms with Crippen molar-refractivity contribution in [2.75, 3.05) is 0 Å². The number of fused-ring (bicyclic) bond motifs is 2. The molecule has 31 heavy (non-hydrogen) atoms. The van der Waals surface area contributed by atoms with E-state index in [0.717, 1.165) is 48.2 Å². The molecule has 2 heterocycles. The minimum Gasteiger partial charge on any atom is -0.462 e. The highest BCUT2D eigenvalue weighted by molar-refractivity contribution is 5.83. The first kappa shape index (κ1) is 20.1. The lowest BCUT2D eigenvalue weighted by Crippen LogP contribution is -2.44. The van der Waals surface area contributed by atoms with E-state index in [1.807, 2.05) is 25.1 Å². The van der Waals surface area contributed by atoms with Gasteiger partial charge in [-0.1, -0.05) is 24.3 Å². The van der Waals surface area contributed by atoms with Gasteiger partial charge in [0.15, 0.2) is 0 Å². The molecule has 1 N–H and O–H groups in total. The van der Waals surface area contributed by atoms with E-state index in [9.17, 15) is 9.18 Å². The van der Waals surface area contributed by atoms with Crippen LogP contribution in [0.15, 0.2) is 48.7 Å². The summed E-state index contributed by atoms with van der Waals surface area (Å²) in [4.78, 5) is 17.0. The van der Waals surface area contributed by atoms with Crippen molar-refractivity contribution in [1.82, 2.24) is 4.98 Å². The molecule has 2 aliphatic carbocycles. The van der Waals surface area contributed by atoms with Gasteiger partial charge in [-0.2, -0.15) is 0 Å². The molecule has 4 nitrogen and oxygen atoms in total. The number of carbonyl (C=O) groups excluding carboxylic acids is 1. The third-order valence-electron chi connectivity index (χ3n) is 7.43. The van der Waals surface area contributed by atoms with Crippen molar-refractivity contribution in [3.8, 4) is 11.1 Å². The maximum atomic E-state index is 13.5. The van der Waals surface area contributed by atoms with E-state index in [2.05, 4.69) is 17.1 Å². The summed E-state index contributed by atoms with van der Waals surface area (Å²) in [6.07, 6.45) is 9.50. The van der Waals surface area contributed by atoms with Crippen molar-refractivity contribution in [2.45, 2.75) is 38.7 Å². The molecule has 2 saturated carbocycles. The zero-order valence-corrected chi connectivity index (χ0v) is 17.6. The van der Waals surface area contributed by atoms with Gasteiger partial charge in [0.25, 0.3) is 0 Å². The van der Waals surface area contributed by atoms with Crippen molar-refractivity contribution < 1.29 is 13.9 Å². The molecule has 6 atom stereocenters. The van der Waals surface area contributed by atoms with Gasteiger partial charge >= 0.3 is 5.97 Å². The van der Waals surface area contributed by atoms with Crippen LogP contribution in [0.3, 0.4) is 0 Å². The number of esters is 1. The van der Waals surface area contributed by atoms with Crippen LogP contribution in [0, 0.1) is 40.8 Å². The van der Waals surface area contributed by atoms with Crippen molar-refractivity contribution in [3.63, 3.8) is 0 Å². The quantitative estimate of drug-likeness (QED) is 0.666. The van der Waals surface area contributed by atoms with E-state index in [-0.39, 0.29) is 35.6 Å². The van der Waals surface area contributed by atoms with E-state index in [0.29, 0.717) is 11.8 Å². The van der Waals surface area contributed by atoms with E-state index in [1.165, 1.54) is 12.1 Å². The second-order valence-corrected chi connectivity index (χ2v) is 9.25. The Morgan fingerprint density at radius 1 is 1.23 bits per heavy atom. The van der Waals surface area contributed by atoms with Crippen molar-refractivity contribution in [2.24, 2.45) is 29.6 Å². The molecule has 3 aliphatic rings. The van der Waals surface area contributed by atoms with Crippen LogP contribution in [0.2, 0.25) is 0 Å². The third-order valence-corrected chi connectivity index (χ3v) is 7.43. The number of nitrogens with one attached hydrogen (secondary N) is 1. The van der Waals surface area contributed by atoms with Crippen LogP contribution in [-0.4, -0.2) is 22.8 Å². The van der Waals surface area contributed by atoms with Crippen molar-refractivity contribution in [1.29, 1.82) is 5.41 Å². The average Bonchev–Trinajstić information content (AvgIpc) is 3.04. The van der Waals surface area contributed by atoms with Gasteiger partial charge in [0, 0.05) is 23.4 Å². The van der Waals surface area contributed by atoms with Crippen LogP contribution < -0.4 is 0 Å². The predicted molar refractivity (Wildman–Crippen MR) is 118 cm³/mol. The normalized spacial score (nSPS) is 32.6. The van der Waals surface area contributed by atoms with E-state index < -0.39 is 0 Å². The van der Waals surface area contributed by atoms with Crippen molar-refractivity contribution in [3.05, 3.63) is 60.2 Å². The molecule has 5 rings (SSSR count). The first-order chi connectivity index (χ1) is 15.0. The second kappa shape index (κ2) is 8.03. The summed E-state index contributed by atoms with van der Waals surface area (Å²) in [5.74, 6) is 0.940. The molecule has 1 aromatic heterocycles. The van der Waals surface area contributed by atoms with Crippen LogP contribution in [0.4, 0.5) is 4.39 Å². The monoisotopic (exact) mass is 418 g/mol. The molecule has 0 bridgehead atoms. The zero-order chi connectivity index (χ0) is 21.5. The minimum atomic E-state index is -0.258. The largest absolute Gasteiger partial charge is 0.462 e. The maximum Gasteiger partial charge on any atom is 0.309 e. The molecular formula is C26H27FN2O2. The summed E-state index contributed by atoms with van der Waals surface area (Å²) in [6.45, 7) is 2.01. The number of rotatable bonds is 3. The number of allylic oxidation sites excluding steroid dienone is 1. The standard InChI is InChI=1S/C26H27FN2O2/c1-15-25-23(22-9-6-20(28)12-18(22)13-24(25)26(30)31-15)10-8-21-7-5-17(14-29-21)16-3-2-4-19(27)11-16/h2-5,7-8,10-11,14-15,18,22-25,28H,6,9,12-13H2,1H3/b10-8+,28-20?/t15-,18+,22-,23+,24-,25+/m1/s1. The molecule has 2 aromatic rings. The maximum absolute atomic E-state index is 13.5. The Labute approximate surface area is 182 Å². The highest BCUT2D eigenvalue weighted by Crippen LogP contribution is 2.53. The van der Waals surface area contributed by atoms with Gasteiger partial charge in [0.2, 0.25) is 0 Å². The molecule has 0 amide bonds. The van der Waals surface area contributed by atoms with Crippen LogP contribution in [0.1, 0.15) is 38.3 Å². The molecular weight excluding hydrogens is 391 g/mol. The summed E-state index contributed by atoms with van der Waals surface area (Å²) in [7, 11) is 0. The molecule has 5 heteroatoms. The molecule has 0 spiro atoms.